The van der Waals surface area contributed by atoms with Crippen LogP contribution in [0.4, 0.5) is 0 Å². The third kappa shape index (κ3) is 6.22. The summed E-state index contributed by atoms with van der Waals surface area (Å²) in [5.41, 5.74) is 2.53. The number of hydrogen-bond donors (Lipinski definition) is 0. The van der Waals surface area contributed by atoms with Gasteiger partial charge in [-0.1, -0.05) is 52.4 Å². The average molecular weight is 386 g/mol. The van der Waals surface area contributed by atoms with Crippen molar-refractivity contribution in [3.8, 4) is 5.75 Å². The van der Waals surface area contributed by atoms with Gasteiger partial charge in [0.2, 0.25) is 0 Å². The van der Waals surface area contributed by atoms with Crippen LogP contribution in [-0.2, 0) is 6.42 Å². The number of unbranched alkanes of at least 4 members (excludes halogenated alkanes) is 2. The lowest BCUT2D eigenvalue weighted by atomic mass is 9.70. The van der Waals surface area contributed by atoms with Gasteiger partial charge in [0, 0.05) is 5.69 Å². The Bertz CT molecular complexity index is 568. The Morgan fingerprint density at radius 2 is 1.54 bits per heavy atom. The molecule has 28 heavy (non-hydrogen) atoms. The van der Waals surface area contributed by atoms with E-state index in [0.717, 1.165) is 29.9 Å². The molecule has 0 saturated heterocycles. The molecule has 0 atom stereocenters. The zero-order chi connectivity index (χ0) is 19.8. The van der Waals surface area contributed by atoms with E-state index in [1.165, 1.54) is 94.7 Å². The van der Waals surface area contributed by atoms with Gasteiger partial charge < -0.3 is 4.74 Å². The van der Waals surface area contributed by atoms with E-state index < -0.39 is 0 Å². The van der Waals surface area contributed by atoms with Crippen molar-refractivity contribution in [3.05, 3.63) is 23.5 Å². The quantitative estimate of drug-likeness (QED) is 0.435. The van der Waals surface area contributed by atoms with Crippen molar-refractivity contribution in [1.29, 1.82) is 0 Å². The molecular weight excluding hydrogens is 342 g/mol. The normalized spacial score (nSPS) is 28.2. The fraction of sp³-hybridized carbons (Fsp3) is 0.808. The molecule has 0 aliphatic heterocycles. The van der Waals surface area contributed by atoms with Crippen molar-refractivity contribution in [2.45, 2.75) is 117 Å². The van der Waals surface area contributed by atoms with Crippen LogP contribution in [0.3, 0.4) is 0 Å². The summed E-state index contributed by atoms with van der Waals surface area (Å²) in [6.07, 6.45) is 21.4. The molecule has 3 rings (SSSR count). The molecule has 2 aliphatic carbocycles. The minimum absolute atomic E-state index is 0.403. The maximum absolute atomic E-state index is 6.33. The van der Waals surface area contributed by atoms with Crippen LogP contribution in [0.5, 0.6) is 5.75 Å². The van der Waals surface area contributed by atoms with Gasteiger partial charge in [-0.3, -0.25) is 4.98 Å². The maximum atomic E-state index is 6.33. The first-order valence-corrected chi connectivity index (χ1v) is 12.3. The topological polar surface area (TPSA) is 22.1 Å². The Morgan fingerprint density at radius 1 is 0.893 bits per heavy atom. The molecule has 0 aromatic carbocycles. The molecule has 2 saturated carbocycles. The average Bonchev–Trinajstić information content (AvgIpc) is 2.73. The smallest absolute Gasteiger partial charge is 0.138 e. The van der Waals surface area contributed by atoms with E-state index in [4.69, 9.17) is 4.74 Å². The van der Waals surface area contributed by atoms with Gasteiger partial charge in [0.1, 0.15) is 5.75 Å². The number of aromatic nitrogens is 1. The highest BCUT2D eigenvalue weighted by Gasteiger charge is 2.31. The molecule has 0 unspecified atom stereocenters. The number of pyridine rings is 1. The monoisotopic (exact) mass is 385 g/mol. The van der Waals surface area contributed by atoms with E-state index in [2.05, 4.69) is 31.8 Å². The first-order valence-electron chi connectivity index (χ1n) is 12.3. The summed E-state index contributed by atoms with van der Waals surface area (Å²) in [6.45, 7) is 6.74. The summed E-state index contributed by atoms with van der Waals surface area (Å²) in [7, 11) is 0. The highest BCUT2D eigenvalue weighted by molar-refractivity contribution is 5.28. The van der Waals surface area contributed by atoms with Gasteiger partial charge in [-0.2, -0.15) is 0 Å². The Hall–Kier alpha value is -1.05. The summed E-state index contributed by atoms with van der Waals surface area (Å²) in [6, 6.07) is 2.21. The summed E-state index contributed by atoms with van der Waals surface area (Å²) >= 11 is 0. The van der Waals surface area contributed by atoms with Crippen molar-refractivity contribution >= 4 is 0 Å². The van der Waals surface area contributed by atoms with Crippen LogP contribution >= 0.6 is 0 Å². The van der Waals surface area contributed by atoms with Crippen LogP contribution in [0, 0.1) is 24.7 Å². The molecule has 1 aromatic heterocycles. The zero-order valence-electron chi connectivity index (χ0n) is 18.7. The lowest BCUT2D eigenvalue weighted by Gasteiger charge is -2.38. The standard InChI is InChI=1S/C26H43NO/c1-4-6-8-21-10-12-22(13-11-21)23-14-16-24(17-15-23)28-25-18-20(3)26(27-19-25)9-7-5-2/h18-19,21-24H,4-17H2,1-3H3. The Labute approximate surface area is 173 Å². The van der Waals surface area contributed by atoms with Gasteiger partial charge >= 0.3 is 0 Å². The largest absolute Gasteiger partial charge is 0.489 e. The van der Waals surface area contributed by atoms with Crippen molar-refractivity contribution in [2.24, 2.45) is 17.8 Å². The minimum atomic E-state index is 0.403. The van der Waals surface area contributed by atoms with Gasteiger partial charge in [0.05, 0.1) is 12.3 Å². The highest BCUT2D eigenvalue weighted by Crippen LogP contribution is 2.41. The summed E-state index contributed by atoms with van der Waals surface area (Å²) in [5.74, 6) is 3.98. The van der Waals surface area contributed by atoms with Crippen LogP contribution in [0.1, 0.15) is 109 Å². The predicted octanol–water partition coefficient (Wildman–Crippen LogP) is 7.67. The number of ether oxygens (including phenoxy) is 1. The van der Waals surface area contributed by atoms with Gasteiger partial charge in [-0.05, 0) is 87.7 Å². The Balaban J connectivity index is 1.40. The maximum Gasteiger partial charge on any atom is 0.138 e. The Morgan fingerprint density at radius 3 is 2.14 bits per heavy atom. The van der Waals surface area contributed by atoms with Gasteiger partial charge in [-0.15, -0.1) is 0 Å². The second kappa shape index (κ2) is 11.2. The predicted molar refractivity (Wildman–Crippen MR) is 119 cm³/mol. The lowest BCUT2D eigenvalue weighted by Crippen LogP contribution is -2.30. The molecule has 1 heterocycles. The minimum Gasteiger partial charge on any atom is -0.489 e. The summed E-state index contributed by atoms with van der Waals surface area (Å²) in [4.78, 5) is 4.67. The molecule has 0 amide bonds. The van der Waals surface area contributed by atoms with Crippen molar-refractivity contribution in [1.82, 2.24) is 4.98 Å². The number of rotatable bonds is 9. The van der Waals surface area contributed by atoms with Crippen LogP contribution in [0.2, 0.25) is 0 Å². The fourth-order valence-electron chi connectivity index (χ4n) is 5.56. The third-order valence-electron chi connectivity index (χ3n) is 7.47. The SMILES string of the molecule is CCCCc1ncc(OC2CCC(C3CCC(CCCC)CC3)CC2)cc1C. The van der Waals surface area contributed by atoms with Crippen LogP contribution < -0.4 is 4.74 Å². The van der Waals surface area contributed by atoms with E-state index in [9.17, 15) is 0 Å². The van der Waals surface area contributed by atoms with E-state index in [-0.39, 0.29) is 0 Å². The first-order chi connectivity index (χ1) is 13.7. The fourth-order valence-corrected chi connectivity index (χ4v) is 5.56. The molecule has 2 nitrogen and oxygen atoms in total. The molecule has 2 fully saturated rings. The molecule has 0 radical (unpaired) electrons. The van der Waals surface area contributed by atoms with E-state index in [1.54, 1.807) is 0 Å². The van der Waals surface area contributed by atoms with Crippen molar-refractivity contribution in [3.63, 3.8) is 0 Å². The number of nitrogens with zero attached hydrogens (tertiary/aromatic N) is 1. The second-order valence-corrected chi connectivity index (χ2v) is 9.62. The van der Waals surface area contributed by atoms with E-state index in [1.807, 2.05) is 6.20 Å². The Kier molecular flexibility index (Phi) is 8.67. The van der Waals surface area contributed by atoms with Gasteiger partial charge in [0.15, 0.2) is 0 Å². The highest BCUT2D eigenvalue weighted by atomic mass is 16.5. The molecule has 1 aromatic rings. The molecule has 0 N–H and O–H groups in total. The third-order valence-corrected chi connectivity index (χ3v) is 7.47. The van der Waals surface area contributed by atoms with Crippen molar-refractivity contribution < 1.29 is 4.74 Å². The molecular formula is C26H43NO. The lowest BCUT2D eigenvalue weighted by molar-refractivity contribution is 0.0910. The van der Waals surface area contributed by atoms with E-state index in [0.29, 0.717) is 6.10 Å². The molecule has 158 valence electrons. The van der Waals surface area contributed by atoms with Crippen LogP contribution in [0.25, 0.3) is 0 Å². The molecule has 2 aliphatic rings. The first kappa shape index (κ1) is 21.7. The van der Waals surface area contributed by atoms with Gasteiger partial charge in [0.25, 0.3) is 0 Å². The van der Waals surface area contributed by atoms with Crippen molar-refractivity contribution in [2.75, 3.05) is 0 Å². The van der Waals surface area contributed by atoms with E-state index >= 15 is 0 Å². The number of aryl methyl sites for hydroxylation is 2. The summed E-state index contributed by atoms with van der Waals surface area (Å²) in [5, 5.41) is 0. The van der Waals surface area contributed by atoms with Crippen LogP contribution in [0.15, 0.2) is 12.3 Å². The molecule has 2 heteroatoms. The van der Waals surface area contributed by atoms with Gasteiger partial charge in [-0.25, -0.2) is 0 Å². The summed E-state index contributed by atoms with van der Waals surface area (Å²) < 4.78 is 6.33. The zero-order valence-corrected chi connectivity index (χ0v) is 18.7. The number of hydrogen-bond acceptors (Lipinski definition) is 2. The molecule has 0 spiro atoms. The molecule has 0 bridgehead atoms. The second-order valence-electron chi connectivity index (χ2n) is 9.62. The van der Waals surface area contributed by atoms with Crippen LogP contribution in [-0.4, -0.2) is 11.1 Å².